The molecule has 0 saturated heterocycles. The van der Waals surface area contributed by atoms with Crippen molar-refractivity contribution in [1.29, 1.82) is 0 Å². The maximum absolute atomic E-state index is 12.4. The fourth-order valence-corrected chi connectivity index (χ4v) is 0.931. The van der Waals surface area contributed by atoms with Gasteiger partial charge in [0.2, 0.25) is 6.36 Å². The Balaban J connectivity index is 2.89. The van der Waals surface area contributed by atoms with E-state index in [1.54, 1.807) is 18.2 Å². The van der Waals surface area contributed by atoms with Crippen LogP contribution >= 0.6 is 0 Å². The molecule has 0 aliphatic rings. The molecule has 1 rings (SSSR count). The Hall–Kier alpha value is -1.31. The molecule has 0 spiro atoms. The van der Waals surface area contributed by atoms with Gasteiger partial charge < -0.3 is 4.74 Å². The maximum Gasteiger partial charge on any atom is 0.235 e. The van der Waals surface area contributed by atoms with Crippen LogP contribution in [-0.4, -0.2) is 6.36 Å². The highest BCUT2D eigenvalue weighted by Crippen LogP contribution is 2.20. The van der Waals surface area contributed by atoms with E-state index < -0.39 is 6.36 Å². The molecule has 0 aliphatic carbocycles. The van der Waals surface area contributed by atoms with Gasteiger partial charge in [-0.1, -0.05) is 30.9 Å². The molecule has 0 saturated carbocycles. The summed E-state index contributed by atoms with van der Waals surface area (Å²) in [6.07, 6.45) is 0.351. The molecule has 1 aromatic carbocycles. The lowest BCUT2D eigenvalue weighted by atomic mass is 10.2. The Kier molecular flexibility index (Phi) is 2.86. The van der Waals surface area contributed by atoms with Crippen LogP contribution in [0.25, 0.3) is 6.08 Å². The number of benzene rings is 1. The van der Waals surface area contributed by atoms with Crippen LogP contribution in [0.2, 0.25) is 0 Å². The monoisotopic (exact) mass is 166 g/mol. The second-order valence-corrected chi connectivity index (χ2v) is 2.40. The van der Waals surface area contributed by atoms with Crippen molar-refractivity contribution in [2.75, 3.05) is 0 Å². The molecule has 0 fully saturated rings. The molecular weight excluding hydrogens is 155 g/mol. The van der Waals surface area contributed by atoms with Crippen LogP contribution < -0.4 is 4.74 Å². The molecule has 0 aliphatic heterocycles. The molecule has 1 aromatic rings. The van der Waals surface area contributed by atoms with E-state index in [4.69, 9.17) is 4.74 Å². The molecular formula is C10H11FO. The minimum Gasteiger partial charge on any atom is -0.460 e. The van der Waals surface area contributed by atoms with Gasteiger partial charge in [-0.2, -0.15) is 0 Å². The first-order valence-corrected chi connectivity index (χ1v) is 3.76. The summed E-state index contributed by atoms with van der Waals surface area (Å²) in [5.74, 6) is 0.530. The summed E-state index contributed by atoms with van der Waals surface area (Å²) in [4.78, 5) is 0. The van der Waals surface area contributed by atoms with Crippen molar-refractivity contribution >= 4 is 6.08 Å². The van der Waals surface area contributed by atoms with E-state index in [-0.39, 0.29) is 0 Å². The third kappa shape index (κ3) is 2.09. The fourth-order valence-electron chi connectivity index (χ4n) is 0.931. The van der Waals surface area contributed by atoms with Crippen molar-refractivity contribution < 1.29 is 9.13 Å². The van der Waals surface area contributed by atoms with Gasteiger partial charge >= 0.3 is 0 Å². The Morgan fingerprint density at radius 1 is 1.50 bits per heavy atom. The van der Waals surface area contributed by atoms with E-state index >= 15 is 0 Å². The lowest BCUT2D eigenvalue weighted by Gasteiger charge is -2.08. The maximum atomic E-state index is 12.4. The number of alkyl halides is 1. The largest absolute Gasteiger partial charge is 0.460 e. The van der Waals surface area contributed by atoms with Crippen molar-refractivity contribution in [2.24, 2.45) is 0 Å². The summed E-state index contributed by atoms with van der Waals surface area (Å²) < 4.78 is 17.3. The summed E-state index contributed by atoms with van der Waals surface area (Å²) in [7, 11) is 0. The van der Waals surface area contributed by atoms with Crippen molar-refractivity contribution in [3.05, 3.63) is 36.4 Å². The third-order valence-electron chi connectivity index (χ3n) is 1.43. The van der Waals surface area contributed by atoms with Gasteiger partial charge in [-0.3, -0.25) is 0 Å². The number of halogens is 1. The Bertz CT molecular complexity index is 268. The quantitative estimate of drug-likeness (QED) is 0.670. The molecule has 64 valence electrons. The molecule has 1 atom stereocenters. The standard InChI is InChI=1S/C10H11FO/c1-3-9-6-4-5-7-10(9)12-8(2)11/h3-8H,1H2,2H3. The van der Waals surface area contributed by atoms with Crippen LogP contribution in [0, 0.1) is 0 Å². The molecule has 0 aromatic heterocycles. The number of para-hydroxylation sites is 1. The summed E-state index contributed by atoms with van der Waals surface area (Å²) >= 11 is 0. The van der Waals surface area contributed by atoms with Gasteiger partial charge in [-0.25, -0.2) is 4.39 Å². The first-order chi connectivity index (χ1) is 5.74. The SMILES string of the molecule is C=Cc1ccccc1OC(C)F. The second kappa shape index (κ2) is 3.90. The Morgan fingerprint density at radius 2 is 2.17 bits per heavy atom. The molecule has 1 nitrogen and oxygen atoms in total. The number of rotatable bonds is 3. The van der Waals surface area contributed by atoms with Crippen LogP contribution in [0.15, 0.2) is 30.8 Å². The molecule has 1 unspecified atom stereocenters. The molecule has 0 heterocycles. The Labute approximate surface area is 71.5 Å². The molecule has 0 amide bonds. The topological polar surface area (TPSA) is 9.23 Å². The van der Waals surface area contributed by atoms with Crippen LogP contribution in [0.5, 0.6) is 5.75 Å². The molecule has 12 heavy (non-hydrogen) atoms. The van der Waals surface area contributed by atoms with Gasteiger partial charge in [0.25, 0.3) is 0 Å². The zero-order valence-electron chi connectivity index (χ0n) is 6.96. The van der Waals surface area contributed by atoms with Crippen molar-refractivity contribution in [3.8, 4) is 5.75 Å². The second-order valence-electron chi connectivity index (χ2n) is 2.40. The zero-order valence-corrected chi connectivity index (χ0v) is 6.96. The van der Waals surface area contributed by atoms with E-state index in [1.807, 2.05) is 12.1 Å². The highest BCUT2D eigenvalue weighted by atomic mass is 19.1. The van der Waals surface area contributed by atoms with Crippen molar-refractivity contribution in [1.82, 2.24) is 0 Å². The summed E-state index contributed by atoms with van der Waals surface area (Å²) in [5.41, 5.74) is 0.807. The minimum atomic E-state index is -1.29. The van der Waals surface area contributed by atoms with E-state index in [0.717, 1.165) is 5.56 Å². The third-order valence-corrected chi connectivity index (χ3v) is 1.43. The highest BCUT2D eigenvalue weighted by molar-refractivity contribution is 5.55. The van der Waals surface area contributed by atoms with E-state index in [9.17, 15) is 4.39 Å². The molecule has 0 bridgehead atoms. The normalized spacial score (nSPS) is 12.2. The van der Waals surface area contributed by atoms with Gasteiger partial charge in [0.15, 0.2) is 0 Å². The van der Waals surface area contributed by atoms with Crippen molar-refractivity contribution in [3.63, 3.8) is 0 Å². The van der Waals surface area contributed by atoms with Crippen molar-refractivity contribution in [2.45, 2.75) is 13.3 Å². The number of hydrogen-bond donors (Lipinski definition) is 0. The smallest absolute Gasteiger partial charge is 0.235 e. The zero-order chi connectivity index (χ0) is 8.97. The van der Waals surface area contributed by atoms with Gasteiger partial charge in [0.1, 0.15) is 5.75 Å². The van der Waals surface area contributed by atoms with Gasteiger partial charge in [0, 0.05) is 12.5 Å². The summed E-state index contributed by atoms with van der Waals surface area (Å²) in [5, 5.41) is 0. The van der Waals surface area contributed by atoms with E-state index in [1.165, 1.54) is 6.92 Å². The lowest BCUT2D eigenvalue weighted by Crippen LogP contribution is -2.04. The highest BCUT2D eigenvalue weighted by Gasteiger charge is 2.02. The van der Waals surface area contributed by atoms with Crippen LogP contribution in [-0.2, 0) is 0 Å². The van der Waals surface area contributed by atoms with E-state index in [0.29, 0.717) is 5.75 Å². The fraction of sp³-hybridized carbons (Fsp3) is 0.200. The summed E-state index contributed by atoms with van der Waals surface area (Å²) in [6, 6.07) is 7.19. The predicted molar refractivity (Wildman–Crippen MR) is 47.7 cm³/mol. The van der Waals surface area contributed by atoms with E-state index in [2.05, 4.69) is 6.58 Å². The van der Waals surface area contributed by atoms with Gasteiger partial charge in [0.05, 0.1) is 0 Å². The molecule has 0 radical (unpaired) electrons. The van der Waals surface area contributed by atoms with Crippen LogP contribution in [0.1, 0.15) is 12.5 Å². The summed E-state index contributed by atoms with van der Waals surface area (Å²) in [6.45, 7) is 4.94. The first-order valence-electron chi connectivity index (χ1n) is 3.76. The first kappa shape index (κ1) is 8.78. The lowest BCUT2D eigenvalue weighted by molar-refractivity contribution is 0.0858. The average molecular weight is 166 g/mol. The average Bonchev–Trinajstić information content (AvgIpc) is 2.04. The van der Waals surface area contributed by atoms with Crippen LogP contribution in [0.4, 0.5) is 4.39 Å². The molecule has 2 heteroatoms. The van der Waals surface area contributed by atoms with Crippen LogP contribution in [0.3, 0.4) is 0 Å². The molecule has 0 N–H and O–H groups in total. The minimum absolute atomic E-state index is 0.530. The van der Waals surface area contributed by atoms with Gasteiger partial charge in [-0.15, -0.1) is 0 Å². The van der Waals surface area contributed by atoms with Gasteiger partial charge in [-0.05, 0) is 6.07 Å². The predicted octanol–water partition coefficient (Wildman–Crippen LogP) is 3.02. The Morgan fingerprint density at radius 3 is 2.75 bits per heavy atom. The number of hydrogen-bond acceptors (Lipinski definition) is 1. The number of ether oxygens (including phenoxy) is 1.